The van der Waals surface area contributed by atoms with E-state index in [2.05, 4.69) is 0 Å². The first kappa shape index (κ1) is 15.5. The number of rotatable bonds is 6. The normalized spacial score (nSPS) is 12.2. The maximum atomic E-state index is 13.4. The molecule has 3 nitrogen and oxygen atoms in total. The van der Waals surface area contributed by atoms with E-state index < -0.39 is 0 Å². The number of ether oxygens (including phenoxy) is 2. The van der Waals surface area contributed by atoms with Crippen LogP contribution in [0.1, 0.15) is 22.8 Å². The lowest BCUT2D eigenvalue weighted by molar-refractivity contribution is 0.0863. The largest absolute Gasteiger partial charge is 0.497 e. The molecule has 0 spiro atoms. The number of hydrogen-bond acceptors (Lipinski definition) is 3. The van der Waals surface area contributed by atoms with E-state index in [1.807, 2.05) is 24.3 Å². The second-order valence-electron chi connectivity index (χ2n) is 4.82. The van der Waals surface area contributed by atoms with Crippen molar-refractivity contribution in [1.29, 1.82) is 0 Å². The summed E-state index contributed by atoms with van der Waals surface area (Å²) in [5, 5.41) is 0. The van der Waals surface area contributed by atoms with E-state index >= 15 is 0 Å². The average Bonchev–Trinajstić information content (AvgIpc) is 2.51. The van der Waals surface area contributed by atoms with Crippen LogP contribution in [0.15, 0.2) is 42.5 Å². The summed E-state index contributed by atoms with van der Waals surface area (Å²) in [6.45, 7) is 2.62. The highest BCUT2D eigenvalue weighted by Crippen LogP contribution is 2.28. The van der Waals surface area contributed by atoms with Gasteiger partial charge in [-0.15, -0.1) is 0 Å². The van der Waals surface area contributed by atoms with Gasteiger partial charge in [-0.25, -0.2) is 4.39 Å². The molecule has 2 rings (SSSR count). The minimum Gasteiger partial charge on any atom is -0.497 e. The van der Waals surface area contributed by atoms with Crippen LogP contribution in [0.3, 0.4) is 0 Å². The molecule has 0 aliphatic rings. The number of aryl methyl sites for hydroxylation is 1. The van der Waals surface area contributed by atoms with Gasteiger partial charge in [0, 0.05) is 6.54 Å². The smallest absolute Gasteiger partial charge is 0.126 e. The summed E-state index contributed by atoms with van der Waals surface area (Å²) >= 11 is 0. The highest BCUT2D eigenvalue weighted by molar-refractivity contribution is 5.36. The van der Waals surface area contributed by atoms with Gasteiger partial charge in [0.05, 0.1) is 13.7 Å². The molecule has 0 amide bonds. The third kappa shape index (κ3) is 3.80. The molecular formula is C17H20FNO2. The molecule has 0 saturated heterocycles. The Kier molecular flexibility index (Phi) is 5.31. The Bertz CT molecular complexity index is 584. The van der Waals surface area contributed by atoms with Gasteiger partial charge in [0.15, 0.2) is 0 Å². The van der Waals surface area contributed by atoms with Gasteiger partial charge in [-0.1, -0.05) is 24.3 Å². The van der Waals surface area contributed by atoms with Crippen molar-refractivity contribution in [3.05, 3.63) is 65.0 Å². The summed E-state index contributed by atoms with van der Waals surface area (Å²) < 4.78 is 24.4. The first-order valence-electron chi connectivity index (χ1n) is 6.87. The number of hydrogen-bond donors (Lipinski definition) is 1. The zero-order valence-electron chi connectivity index (χ0n) is 12.3. The molecule has 0 heterocycles. The third-order valence-corrected chi connectivity index (χ3v) is 3.31. The SMILES string of the molecule is COc1ccc(C(OCCN)c2ccc(F)c(C)c2)cc1. The Hall–Kier alpha value is -1.91. The number of halogens is 1. The fraction of sp³-hybridized carbons (Fsp3) is 0.294. The second-order valence-corrected chi connectivity index (χ2v) is 4.82. The van der Waals surface area contributed by atoms with Crippen molar-refractivity contribution in [2.24, 2.45) is 5.73 Å². The summed E-state index contributed by atoms with van der Waals surface area (Å²) in [6.07, 6.45) is -0.265. The predicted molar refractivity (Wildman–Crippen MR) is 81.0 cm³/mol. The van der Waals surface area contributed by atoms with E-state index in [-0.39, 0.29) is 11.9 Å². The van der Waals surface area contributed by atoms with E-state index in [9.17, 15) is 4.39 Å². The first-order chi connectivity index (χ1) is 10.2. The van der Waals surface area contributed by atoms with Crippen LogP contribution >= 0.6 is 0 Å². The highest BCUT2D eigenvalue weighted by atomic mass is 19.1. The molecule has 2 aromatic carbocycles. The van der Waals surface area contributed by atoms with Crippen molar-refractivity contribution >= 4 is 0 Å². The van der Waals surface area contributed by atoms with Crippen LogP contribution in [0.5, 0.6) is 5.75 Å². The molecule has 112 valence electrons. The quantitative estimate of drug-likeness (QED) is 0.888. The molecule has 0 radical (unpaired) electrons. The Morgan fingerprint density at radius 3 is 2.33 bits per heavy atom. The van der Waals surface area contributed by atoms with Crippen LogP contribution in [0.25, 0.3) is 0 Å². The molecule has 0 aliphatic carbocycles. The second kappa shape index (κ2) is 7.20. The lowest BCUT2D eigenvalue weighted by atomic mass is 9.99. The van der Waals surface area contributed by atoms with E-state index in [1.54, 1.807) is 26.2 Å². The Labute approximate surface area is 124 Å². The van der Waals surface area contributed by atoms with E-state index in [0.29, 0.717) is 18.7 Å². The predicted octanol–water partition coefficient (Wildman–Crippen LogP) is 3.21. The molecule has 21 heavy (non-hydrogen) atoms. The summed E-state index contributed by atoms with van der Waals surface area (Å²) in [4.78, 5) is 0. The van der Waals surface area contributed by atoms with Crippen molar-refractivity contribution < 1.29 is 13.9 Å². The van der Waals surface area contributed by atoms with Gasteiger partial charge in [-0.2, -0.15) is 0 Å². The molecule has 2 aromatic rings. The molecule has 0 aromatic heterocycles. The maximum Gasteiger partial charge on any atom is 0.126 e. The molecule has 0 fully saturated rings. The number of benzene rings is 2. The van der Waals surface area contributed by atoms with E-state index in [0.717, 1.165) is 16.9 Å². The summed E-state index contributed by atoms with van der Waals surface area (Å²) in [5.41, 5.74) is 8.02. The lowest BCUT2D eigenvalue weighted by Crippen LogP contribution is -2.14. The zero-order valence-corrected chi connectivity index (χ0v) is 12.3. The van der Waals surface area contributed by atoms with Gasteiger partial charge in [-0.3, -0.25) is 0 Å². The van der Waals surface area contributed by atoms with Crippen molar-refractivity contribution in [3.8, 4) is 5.75 Å². The molecule has 0 bridgehead atoms. The van der Waals surface area contributed by atoms with Crippen molar-refractivity contribution in [3.63, 3.8) is 0 Å². The third-order valence-electron chi connectivity index (χ3n) is 3.31. The number of methoxy groups -OCH3 is 1. The molecule has 4 heteroatoms. The maximum absolute atomic E-state index is 13.4. The van der Waals surface area contributed by atoms with Crippen LogP contribution in [-0.2, 0) is 4.74 Å². The standard InChI is InChI=1S/C17H20FNO2/c1-12-11-14(5-8-16(12)18)17(21-10-9-19)13-3-6-15(20-2)7-4-13/h3-8,11,17H,9-10,19H2,1-2H3. The highest BCUT2D eigenvalue weighted by Gasteiger charge is 2.16. The first-order valence-corrected chi connectivity index (χ1v) is 6.87. The van der Waals surface area contributed by atoms with Crippen LogP contribution in [0, 0.1) is 12.7 Å². The van der Waals surface area contributed by atoms with Crippen LogP contribution in [0.2, 0.25) is 0 Å². The molecule has 1 unspecified atom stereocenters. The Morgan fingerprint density at radius 2 is 1.76 bits per heavy atom. The minimum atomic E-state index is -0.265. The van der Waals surface area contributed by atoms with Gasteiger partial charge in [-0.05, 0) is 41.8 Å². The van der Waals surface area contributed by atoms with Gasteiger partial charge in [0.2, 0.25) is 0 Å². The van der Waals surface area contributed by atoms with Gasteiger partial charge in [0.1, 0.15) is 17.7 Å². The van der Waals surface area contributed by atoms with E-state index in [1.165, 1.54) is 6.07 Å². The van der Waals surface area contributed by atoms with Gasteiger partial charge < -0.3 is 15.2 Å². The summed E-state index contributed by atoms with van der Waals surface area (Å²) in [5.74, 6) is 0.567. The molecule has 1 atom stereocenters. The number of nitrogens with two attached hydrogens (primary N) is 1. The summed E-state index contributed by atoms with van der Waals surface area (Å²) in [7, 11) is 1.63. The van der Waals surface area contributed by atoms with Crippen molar-refractivity contribution in [2.45, 2.75) is 13.0 Å². The van der Waals surface area contributed by atoms with Gasteiger partial charge in [0.25, 0.3) is 0 Å². The fourth-order valence-electron chi connectivity index (χ4n) is 2.18. The van der Waals surface area contributed by atoms with Crippen LogP contribution in [-0.4, -0.2) is 20.3 Å². The zero-order chi connectivity index (χ0) is 15.2. The summed E-state index contributed by atoms with van der Waals surface area (Å²) in [6, 6.07) is 12.7. The van der Waals surface area contributed by atoms with Gasteiger partial charge >= 0.3 is 0 Å². The average molecular weight is 289 g/mol. The van der Waals surface area contributed by atoms with Crippen molar-refractivity contribution in [2.75, 3.05) is 20.3 Å². The molecule has 0 aliphatic heterocycles. The Balaban J connectivity index is 2.33. The topological polar surface area (TPSA) is 44.5 Å². The monoisotopic (exact) mass is 289 g/mol. The van der Waals surface area contributed by atoms with Crippen molar-refractivity contribution in [1.82, 2.24) is 0 Å². The lowest BCUT2D eigenvalue weighted by Gasteiger charge is -2.19. The minimum absolute atomic E-state index is 0.217. The van der Waals surface area contributed by atoms with Crippen LogP contribution in [0.4, 0.5) is 4.39 Å². The fourth-order valence-corrected chi connectivity index (χ4v) is 2.18. The molecular weight excluding hydrogens is 269 g/mol. The molecule has 0 saturated carbocycles. The van der Waals surface area contributed by atoms with E-state index in [4.69, 9.17) is 15.2 Å². The molecule has 2 N–H and O–H groups in total. The Morgan fingerprint density at radius 1 is 1.10 bits per heavy atom. The van der Waals surface area contributed by atoms with Crippen LogP contribution < -0.4 is 10.5 Å².